The van der Waals surface area contributed by atoms with E-state index in [-0.39, 0.29) is 23.8 Å². The topological polar surface area (TPSA) is 79.3 Å². The number of carbonyl (C=O) groups excluding carboxylic acids is 1. The van der Waals surface area contributed by atoms with Crippen molar-refractivity contribution in [2.45, 2.75) is 31.2 Å². The second kappa shape index (κ2) is 4.64. The Kier molecular flexibility index (Phi) is 2.97. The number of aliphatic carboxylic acids is 1. The highest BCUT2D eigenvalue weighted by atomic mass is 16.4. The summed E-state index contributed by atoms with van der Waals surface area (Å²) in [5, 5.41) is 11.8. The monoisotopic (exact) mass is 260 g/mol. The van der Waals surface area contributed by atoms with Gasteiger partial charge in [-0.2, -0.15) is 0 Å². The van der Waals surface area contributed by atoms with Crippen LogP contribution in [0.4, 0.5) is 0 Å². The van der Waals surface area contributed by atoms with Crippen molar-refractivity contribution in [2.75, 3.05) is 0 Å². The van der Waals surface area contributed by atoms with Crippen molar-refractivity contribution in [3.05, 3.63) is 30.1 Å². The Morgan fingerprint density at radius 2 is 2.05 bits per heavy atom. The molecule has 2 aliphatic rings. The molecule has 2 N–H and O–H groups in total. The van der Waals surface area contributed by atoms with Crippen LogP contribution < -0.4 is 5.32 Å². The highest BCUT2D eigenvalue weighted by Crippen LogP contribution is 2.41. The molecule has 0 radical (unpaired) electrons. The second-order valence-corrected chi connectivity index (χ2v) is 5.45. The summed E-state index contributed by atoms with van der Waals surface area (Å²) in [6.07, 6.45) is 5.48. The SMILES string of the molecule is O=C(O)C1CC(C(=O)N[C@@H]2C[C@H]2c2cccnc2)C1. The molecule has 5 nitrogen and oxygen atoms in total. The zero-order valence-corrected chi connectivity index (χ0v) is 10.5. The van der Waals surface area contributed by atoms with Gasteiger partial charge in [0.1, 0.15) is 0 Å². The van der Waals surface area contributed by atoms with Crippen molar-refractivity contribution in [1.29, 1.82) is 0 Å². The molecule has 2 fully saturated rings. The van der Waals surface area contributed by atoms with E-state index in [4.69, 9.17) is 5.11 Å². The predicted molar refractivity (Wildman–Crippen MR) is 67.4 cm³/mol. The molecule has 2 aliphatic carbocycles. The Morgan fingerprint density at radius 1 is 1.26 bits per heavy atom. The van der Waals surface area contributed by atoms with Crippen molar-refractivity contribution in [3.8, 4) is 0 Å². The van der Waals surface area contributed by atoms with Gasteiger partial charge in [0.2, 0.25) is 5.91 Å². The first kappa shape index (κ1) is 12.1. The molecule has 2 saturated carbocycles. The first-order valence-corrected chi connectivity index (χ1v) is 6.58. The van der Waals surface area contributed by atoms with Crippen LogP contribution in [0.3, 0.4) is 0 Å². The minimum atomic E-state index is -0.788. The molecular formula is C14H16N2O3. The van der Waals surface area contributed by atoms with E-state index in [0.29, 0.717) is 18.8 Å². The standard InChI is InChI=1S/C14H16N2O3/c17-13(9-4-10(5-9)14(18)19)16-12-6-11(12)8-2-1-3-15-7-8/h1-3,7,9-12H,4-6H2,(H,16,17)(H,18,19)/t9?,10?,11-,12+/m0/s1. The van der Waals surface area contributed by atoms with Crippen molar-refractivity contribution in [3.63, 3.8) is 0 Å². The summed E-state index contributed by atoms with van der Waals surface area (Å²) in [6, 6.07) is 4.12. The highest BCUT2D eigenvalue weighted by Gasteiger charge is 2.44. The average molecular weight is 260 g/mol. The Hall–Kier alpha value is -1.91. The number of nitrogens with zero attached hydrogens (tertiary/aromatic N) is 1. The molecule has 0 saturated heterocycles. The lowest BCUT2D eigenvalue weighted by Gasteiger charge is -2.31. The number of rotatable bonds is 4. The quantitative estimate of drug-likeness (QED) is 0.851. The van der Waals surface area contributed by atoms with Crippen LogP contribution in [0.2, 0.25) is 0 Å². The summed E-state index contributed by atoms with van der Waals surface area (Å²) in [6.45, 7) is 0. The molecule has 19 heavy (non-hydrogen) atoms. The second-order valence-electron chi connectivity index (χ2n) is 5.45. The molecule has 0 spiro atoms. The lowest BCUT2D eigenvalue weighted by molar-refractivity contribution is -0.148. The van der Waals surface area contributed by atoms with Gasteiger partial charge in [0.05, 0.1) is 5.92 Å². The maximum absolute atomic E-state index is 11.9. The number of nitrogens with one attached hydrogen (secondary N) is 1. The van der Waals surface area contributed by atoms with Crippen molar-refractivity contribution in [1.82, 2.24) is 10.3 Å². The van der Waals surface area contributed by atoms with Crippen LogP contribution in [0.5, 0.6) is 0 Å². The number of carbonyl (C=O) groups is 2. The van der Waals surface area contributed by atoms with E-state index < -0.39 is 5.97 Å². The van der Waals surface area contributed by atoms with E-state index >= 15 is 0 Å². The lowest BCUT2D eigenvalue weighted by Crippen LogP contribution is -2.42. The molecular weight excluding hydrogens is 244 g/mol. The first-order chi connectivity index (χ1) is 9.15. The van der Waals surface area contributed by atoms with Crippen LogP contribution >= 0.6 is 0 Å². The van der Waals surface area contributed by atoms with Gasteiger partial charge in [-0.25, -0.2) is 0 Å². The van der Waals surface area contributed by atoms with Gasteiger partial charge in [0, 0.05) is 30.3 Å². The Balaban J connectivity index is 1.47. The molecule has 3 rings (SSSR count). The van der Waals surface area contributed by atoms with Crippen LogP contribution in [0, 0.1) is 11.8 Å². The zero-order valence-electron chi connectivity index (χ0n) is 10.5. The third kappa shape index (κ3) is 2.45. The van der Waals surface area contributed by atoms with Crippen LogP contribution in [-0.4, -0.2) is 28.0 Å². The van der Waals surface area contributed by atoms with E-state index in [0.717, 1.165) is 12.0 Å². The molecule has 0 aromatic carbocycles. The lowest BCUT2D eigenvalue weighted by atomic mass is 9.74. The summed E-state index contributed by atoms with van der Waals surface area (Å²) < 4.78 is 0. The summed E-state index contributed by atoms with van der Waals surface area (Å²) >= 11 is 0. The van der Waals surface area contributed by atoms with Crippen molar-refractivity contribution >= 4 is 11.9 Å². The van der Waals surface area contributed by atoms with Crippen molar-refractivity contribution < 1.29 is 14.7 Å². The van der Waals surface area contributed by atoms with Crippen LogP contribution in [0.15, 0.2) is 24.5 Å². The van der Waals surface area contributed by atoms with Gasteiger partial charge in [-0.1, -0.05) is 6.07 Å². The predicted octanol–water partition coefficient (Wildman–Crippen LogP) is 1.16. The fraction of sp³-hybridized carbons (Fsp3) is 0.500. The van der Waals surface area contributed by atoms with E-state index in [1.54, 1.807) is 6.20 Å². The maximum atomic E-state index is 11.9. The van der Waals surface area contributed by atoms with E-state index in [1.807, 2.05) is 18.3 Å². The fourth-order valence-electron chi connectivity index (χ4n) is 2.65. The van der Waals surface area contributed by atoms with Gasteiger partial charge in [-0.3, -0.25) is 14.6 Å². The Morgan fingerprint density at radius 3 is 2.68 bits per heavy atom. The first-order valence-electron chi connectivity index (χ1n) is 6.58. The third-order valence-electron chi connectivity index (χ3n) is 4.09. The highest BCUT2D eigenvalue weighted by molar-refractivity contribution is 5.83. The summed E-state index contributed by atoms with van der Waals surface area (Å²) in [5.41, 5.74) is 1.16. The molecule has 100 valence electrons. The summed E-state index contributed by atoms with van der Waals surface area (Å²) in [7, 11) is 0. The van der Waals surface area contributed by atoms with Crippen molar-refractivity contribution in [2.24, 2.45) is 11.8 Å². The van der Waals surface area contributed by atoms with Gasteiger partial charge in [0.15, 0.2) is 0 Å². The van der Waals surface area contributed by atoms with Crippen LogP contribution in [0.1, 0.15) is 30.7 Å². The normalized spacial score (nSPS) is 32.2. The van der Waals surface area contributed by atoms with Crippen LogP contribution in [-0.2, 0) is 9.59 Å². The number of aromatic nitrogens is 1. The largest absolute Gasteiger partial charge is 0.481 e. The molecule has 5 heteroatoms. The molecule has 0 unspecified atom stereocenters. The average Bonchev–Trinajstić information content (AvgIpc) is 3.07. The molecule has 1 aromatic heterocycles. The minimum absolute atomic E-state index is 0.00823. The maximum Gasteiger partial charge on any atom is 0.306 e. The molecule has 2 atom stereocenters. The zero-order chi connectivity index (χ0) is 13.4. The number of carboxylic acid groups (broad SMARTS) is 1. The third-order valence-corrected chi connectivity index (χ3v) is 4.09. The molecule has 0 aliphatic heterocycles. The number of carboxylic acids is 1. The molecule has 1 amide bonds. The Bertz CT molecular complexity index is 497. The van der Waals surface area contributed by atoms with Gasteiger partial charge in [0.25, 0.3) is 0 Å². The number of hydrogen-bond donors (Lipinski definition) is 2. The van der Waals surface area contributed by atoms with E-state index in [2.05, 4.69) is 10.3 Å². The van der Waals surface area contributed by atoms with Gasteiger partial charge in [-0.05, 0) is 30.9 Å². The van der Waals surface area contributed by atoms with E-state index in [9.17, 15) is 9.59 Å². The van der Waals surface area contributed by atoms with Gasteiger partial charge >= 0.3 is 5.97 Å². The Labute approximate surface area is 111 Å². The number of hydrogen-bond acceptors (Lipinski definition) is 3. The number of amides is 1. The molecule has 0 bridgehead atoms. The van der Waals surface area contributed by atoms with E-state index in [1.165, 1.54) is 0 Å². The summed E-state index contributed by atoms with van der Waals surface area (Å²) in [4.78, 5) is 26.7. The number of pyridine rings is 1. The minimum Gasteiger partial charge on any atom is -0.481 e. The fourth-order valence-corrected chi connectivity index (χ4v) is 2.65. The van der Waals surface area contributed by atoms with Gasteiger partial charge < -0.3 is 10.4 Å². The molecule has 1 heterocycles. The smallest absolute Gasteiger partial charge is 0.306 e. The van der Waals surface area contributed by atoms with Crippen LogP contribution in [0.25, 0.3) is 0 Å². The molecule has 1 aromatic rings. The summed E-state index contributed by atoms with van der Waals surface area (Å²) in [5.74, 6) is -0.856. The van der Waals surface area contributed by atoms with Gasteiger partial charge in [-0.15, -0.1) is 0 Å².